The standard InChI is InChI=1S/C19H23N3O2S/c23-19(12-15-5-11-25-14-15)21-7-3-17-18(4-8-21)24-10-9-22(17)16-2-1-6-20-13-16/h1-2,5-6,11,13-14,17-18H,3-4,7-10,12H2. The molecule has 1 amide bonds. The van der Waals surface area contributed by atoms with Gasteiger partial charge in [-0.25, -0.2) is 0 Å². The first-order chi connectivity index (χ1) is 12.3. The molecule has 0 aliphatic carbocycles. The third kappa shape index (κ3) is 3.70. The molecule has 2 unspecified atom stereocenters. The van der Waals surface area contributed by atoms with Gasteiger partial charge in [-0.2, -0.15) is 11.3 Å². The first-order valence-electron chi connectivity index (χ1n) is 8.88. The predicted octanol–water partition coefficient (Wildman–Crippen LogP) is 2.58. The summed E-state index contributed by atoms with van der Waals surface area (Å²) >= 11 is 1.64. The zero-order chi connectivity index (χ0) is 17.1. The molecule has 6 heteroatoms. The molecule has 4 heterocycles. The molecule has 25 heavy (non-hydrogen) atoms. The maximum Gasteiger partial charge on any atom is 0.227 e. The molecule has 2 aliphatic heterocycles. The summed E-state index contributed by atoms with van der Waals surface area (Å²) in [5.41, 5.74) is 2.27. The van der Waals surface area contributed by atoms with Gasteiger partial charge in [0, 0.05) is 25.8 Å². The highest BCUT2D eigenvalue weighted by atomic mass is 32.1. The molecule has 2 aromatic heterocycles. The summed E-state index contributed by atoms with van der Waals surface area (Å²) in [7, 11) is 0. The fourth-order valence-corrected chi connectivity index (χ4v) is 4.52. The Morgan fingerprint density at radius 1 is 1.28 bits per heavy atom. The molecule has 0 aromatic carbocycles. The molecule has 0 spiro atoms. The minimum atomic E-state index is 0.188. The van der Waals surface area contributed by atoms with Crippen LogP contribution in [0, 0.1) is 0 Å². The van der Waals surface area contributed by atoms with E-state index in [1.807, 2.05) is 28.6 Å². The number of hydrogen-bond donors (Lipinski definition) is 0. The Labute approximate surface area is 152 Å². The number of carbonyl (C=O) groups is 1. The van der Waals surface area contributed by atoms with Gasteiger partial charge in [0.15, 0.2) is 0 Å². The third-order valence-electron chi connectivity index (χ3n) is 5.14. The first kappa shape index (κ1) is 16.5. The van der Waals surface area contributed by atoms with Crippen LogP contribution in [0.3, 0.4) is 0 Å². The van der Waals surface area contributed by atoms with Crippen molar-refractivity contribution in [1.29, 1.82) is 0 Å². The number of amides is 1. The van der Waals surface area contributed by atoms with Crippen LogP contribution < -0.4 is 4.90 Å². The fraction of sp³-hybridized carbons (Fsp3) is 0.474. The number of fused-ring (bicyclic) bond motifs is 1. The summed E-state index contributed by atoms with van der Waals surface area (Å²) in [6, 6.07) is 6.44. The minimum absolute atomic E-state index is 0.188. The van der Waals surface area contributed by atoms with E-state index in [1.165, 1.54) is 0 Å². The lowest BCUT2D eigenvalue weighted by molar-refractivity contribution is -0.130. The Morgan fingerprint density at radius 3 is 3.00 bits per heavy atom. The second kappa shape index (κ2) is 7.54. The molecule has 132 valence electrons. The van der Waals surface area contributed by atoms with Crippen molar-refractivity contribution in [3.05, 3.63) is 46.9 Å². The SMILES string of the molecule is O=C(Cc1ccsc1)N1CCC2OCCN(c3cccnc3)C2CC1. The van der Waals surface area contributed by atoms with Crippen molar-refractivity contribution >= 4 is 22.9 Å². The fourth-order valence-electron chi connectivity index (χ4n) is 3.85. The average Bonchev–Trinajstić information content (AvgIpc) is 3.05. The zero-order valence-electron chi connectivity index (χ0n) is 14.2. The Morgan fingerprint density at radius 2 is 2.20 bits per heavy atom. The van der Waals surface area contributed by atoms with Crippen LogP contribution in [0.4, 0.5) is 5.69 Å². The largest absolute Gasteiger partial charge is 0.374 e. The number of nitrogens with zero attached hydrogens (tertiary/aromatic N) is 3. The number of aromatic nitrogens is 1. The van der Waals surface area contributed by atoms with Crippen LogP contribution in [0.2, 0.25) is 0 Å². The van der Waals surface area contributed by atoms with Crippen LogP contribution in [0.25, 0.3) is 0 Å². The third-order valence-corrected chi connectivity index (χ3v) is 5.87. The number of rotatable bonds is 3. The number of thiophene rings is 1. The molecule has 2 aliphatic rings. The second-order valence-corrected chi connectivity index (χ2v) is 7.43. The lowest BCUT2D eigenvalue weighted by atomic mass is 10.0. The van der Waals surface area contributed by atoms with Crippen molar-refractivity contribution in [2.75, 3.05) is 31.1 Å². The molecular weight excluding hydrogens is 334 g/mol. The van der Waals surface area contributed by atoms with Gasteiger partial charge in [-0.3, -0.25) is 9.78 Å². The van der Waals surface area contributed by atoms with Crippen LogP contribution in [-0.2, 0) is 16.0 Å². The molecule has 0 saturated carbocycles. The number of likely N-dealkylation sites (tertiary alicyclic amines) is 1. The smallest absolute Gasteiger partial charge is 0.227 e. The maximum atomic E-state index is 12.6. The Balaban J connectivity index is 1.45. The van der Waals surface area contributed by atoms with Gasteiger partial charge in [0.2, 0.25) is 5.91 Å². The first-order valence-corrected chi connectivity index (χ1v) is 9.82. The number of carbonyl (C=O) groups excluding carboxylic acids is 1. The average molecular weight is 357 g/mol. The van der Waals surface area contributed by atoms with E-state index in [0.717, 1.165) is 50.3 Å². The van der Waals surface area contributed by atoms with Gasteiger partial charge < -0.3 is 14.5 Å². The maximum absolute atomic E-state index is 12.6. The summed E-state index contributed by atoms with van der Waals surface area (Å²) in [6.07, 6.45) is 6.26. The van der Waals surface area contributed by atoms with E-state index in [-0.39, 0.29) is 12.0 Å². The highest BCUT2D eigenvalue weighted by molar-refractivity contribution is 7.08. The van der Waals surface area contributed by atoms with Crippen LogP contribution in [0.1, 0.15) is 18.4 Å². The van der Waals surface area contributed by atoms with E-state index in [2.05, 4.69) is 21.3 Å². The van der Waals surface area contributed by atoms with Crippen molar-refractivity contribution in [3.8, 4) is 0 Å². The molecule has 0 bridgehead atoms. The second-order valence-electron chi connectivity index (χ2n) is 6.65. The molecule has 5 nitrogen and oxygen atoms in total. The zero-order valence-corrected chi connectivity index (χ0v) is 15.0. The van der Waals surface area contributed by atoms with Gasteiger partial charge in [0.05, 0.1) is 37.1 Å². The van der Waals surface area contributed by atoms with Crippen molar-refractivity contribution in [2.24, 2.45) is 0 Å². The summed E-state index contributed by atoms with van der Waals surface area (Å²) in [5, 5.41) is 4.09. The molecule has 0 radical (unpaired) electrons. The minimum Gasteiger partial charge on any atom is -0.374 e. The predicted molar refractivity (Wildman–Crippen MR) is 98.9 cm³/mol. The van der Waals surface area contributed by atoms with E-state index in [1.54, 1.807) is 17.5 Å². The molecule has 0 N–H and O–H groups in total. The van der Waals surface area contributed by atoms with Crippen molar-refractivity contribution < 1.29 is 9.53 Å². The number of hydrogen-bond acceptors (Lipinski definition) is 5. The Bertz CT molecular complexity index is 692. The highest BCUT2D eigenvalue weighted by Gasteiger charge is 2.35. The highest BCUT2D eigenvalue weighted by Crippen LogP contribution is 2.28. The van der Waals surface area contributed by atoms with E-state index in [4.69, 9.17) is 4.74 Å². The van der Waals surface area contributed by atoms with E-state index >= 15 is 0 Å². The molecule has 2 fully saturated rings. The van der Waals surface area contributed by atoms with Gasteiger partial charge >= 0.3 is 0 Å². The monoisotopic (exact) mass is 357 g/mol. The Kier molecular flexibility index (Phi) is 4.99. The van der Waals surface area contributed by atoms with Crippen molar-refractivity contribution in [2.45, 2.75) is 31.4 Å². The van der Waals surface area contributed by atoms with Crippen LogP contribution >= 0.6 is 11.3 Å². The summed E-state index contributed by atoms with van der Waals surface area (Å²) in [5.74, 6) is 0.227. The van der Waals surface area contributed by atoms with E-state index in [9.17, 15) is 4.79 Å². The number of pyridine rings is 1. The molecule has 4 rings (SSSR count). The van der Waals surface area contributed by atoms with E-state index < -0.39 is 0 Å². The topological polar surface area (TPSA) is 45.7 Å². The van der Waals surface area contributed by atoms with Crippen LogP contribution in [0.5, 0.6) is 0 Å². The van der Waals surface area contributed by atoms with Crippen molar-refractivity contribution in [1.82, 2.24) is 9.88 Å². The lowest BCUT2D eigenvalue weighted by Gasteiger charge is -2.41. The normalized spacial score (nSPS) is 23.8. The van der Waals surface area contributed by atoms with Gasteiger partial charge in [0.25, 0.3) is 0 Å². The van der Waals surface area contributed by atoms with Gasteiger partial charge in [0.1, 0.15) is 0 Å². The van der Waals surface area contributed by atoms with Gasteiger partial charge in [-0.1, -0.05) is 0 Å². The van der Waals surface area contributed by atoms with E-state index in [0.29, 0.717) is 12.5 Å². The van der Waals surface area contributed by atoms with Crippen molar-refractivity contribution in [3.63, 3.8) is 0 Å². The molecule has 2 atom stereocenters. The number of anilines is 1. The summed E-state index contributed by atoms with van der Waals surface area (Å²) in [6.45, 7) is 3.20. The summed E-state index contributed by atoms with van der Waals surface area (Å²) < 4.78 is 6.05. The van der Waals surface area contributed by atoms with Crippen LogP contribution in [-0.4, -0.2) is 54.2 Å². The van der Waals surface area contributed by atoms with Gasteiger partial charge in [-0.15, -0.1) is 0 Å². The van der Waals surface area contributed by atoms with Crippen LogP contribution in [0.15, 0.2) is 41.4 Å². The Hall–Kier alpha value is -1.92. The quantitative estimate of drug-likeness (QED) is 0.847. The lowest BCUT2D eigenvalue weighted by Crippen LogP contribution is -2.51. The van der Waals surface area contributed by atoms with Gasteiger partial charge in [-0.05, 0) is 47.4 Å². The molecule has 2 aromatic rings. The number of morpholine rings is 1. The number of ether oxygens (including phenoxy) is 1. The molecular formula is C19H23N3O2S. The molecule has 2 saturated heterocycles. The summed E-state index contributed by atoms with van der Waals surface area (Å²) in [4.78, 5) is 21.3.